The van der Waals surface area contributed by atoms with E-state index in [0.29, 0.717) is 18.4 Å². The topological polar surface area (TPSA) is 95.9 Å². The molecule has 1 rings (SSSR count). The van der Waals surface area contributed by atoms with Crippen molar-refractivity contribution in [2.24, 2.45) is 11.8 Å². The molecule has 20 heavy (non-hydrogen) atoms. The Hall–Kier alpha value is -1.63. The second-order valence-electron chi connectivity index (χ2n) is 5.45. The summed E-state index contributed by atoms with van der Waals surface area (Å²) in [7, 11) is 0. The van der Waals surface area contributed by atoms with Crippen molar-refractivity contribution in [1.29, 1.82) is 0 Å². The number of likely N-dealkylation sites (tertiary alicyclic amines) is 1. The number of hydrogen-bond acceptors (Lipinski definition) is 4. The molecule has 1 saturated heterocycles. The first-order valence-corrected chi connectivity index (χ1v) is 6.71. The molecule has 3 amide bonds. The van der Waals surface area contributed by atoms with Crippen molar-refractivity contribution in [3.8, 4) is 0 Å². The zero-order chi connectivity index (χ0) is 15.3. The number of hydrogen-bond donors (Lipinski definition) is 2. The lowest BCUT2D eigenvalue weighted by Gasteiger charge is -2.40. The predicted octanol–water partition coefficient (Wildman–Crippen LogP) is 0.690. The zero-order valence-electron chi connectivity index (χ0n) is 12.1. The number of imide groups is 1. The van der Waals surface area contributed by atoms with E-state index in [1.165, 1.54) is 0 Å². The molecule has 7 heteroatoms. The zero-order valence-corrected chi connectivity index (χ0v) is 12.1. The van der Waals surface area contributed by atoms with Crippen molar-refractivity contribution >= 4 is 17.9 Å². The van der Waals surface area contributed by atoms with Crippen molar-refractivity contribution < 1.29 is 24.2 Å². The van der Waals surface area contributed by atoms with Crippen LogP contribution in [-0.4, -0.2) is 53.7 Å². The van der Waals surface area contributed by atoms with E-state index in [-0.39, 0.29) is 6.04 Å². The van der Waals surface area contributed by atoms with Crippen LogP contribution in [-0.2, 0) is 14.3 Å². The first-order chi connectivity index (χ1) is 9.31. The second kappa shape index (κ2) is 7.23. The van der Waals surface area contributed by atoms with E-state index >= 15 is 0 Å². The molecule has 0 aromatic rings. The molecule has 1 fully saturated rings. The Bertz CT molecular complexity index is 385. The number of urea groups is 1. The summed E-state index contributed by atoms with van der Waals surface area (Å²) in [5.74, 6) is -1.01. The maximum Gasteiger partial charge on any atom is 0.329 e. The van der Waals surface area contributed by atoms with Crippen molar-refractivity contribution in [2.75, 3.05) is 19.8 Å². The lowest BCUT2D eigenvalue weighted by Crippen LogP contribution is -2.54. The average Bonchev–Trinajstić information content (AvgIpc) is 2.32. The van der Waals surface area contributed by atoms with Gasteiger partial charge in [0.25, 0.3) is 5.91 Å². The Labute approximate surface area is 118 Å². The molecule has 0 saturated carbocycles. The van der Waals surface area contributed by atoms with E-state index in [4.69, 9.17) is 5.11 Å². The van der Waals surface area contributed by atoms with Crippen molar-refractivity contribution in [3.63, 3.8) is 0 Å². The third-order valence-electron chi connectivity index (χ3n) is 3.56. The first kappa shape index (κ1) is 16.4. The normalized spacial score (nSPS) is 26.1. The number of carboxylic acids is 1. The molecule has 1 aliphatic rings. The summed E-state index contributed by atoms with van der Waals surface area (Å²) in [4.78, 5) is 35.4. The van der Waals surface area contributed by atoms with Gasteiger partial charge >= 0.3 is 12.0 Å². The Morgan fingerprint density at radius 2 is 1.90 bits per heavy atom. The van der Waals surface area contributed by atoms with Gasteiger partial charge in [0.1, 0.15) is 13.2 Å². The Kier molecular flexibility index (Phi) is 5.94. The molecule has 2 N–H and O–H groups in total. The van der Waals surface area contributed by atoms with Crippen LogP contribution in [0, 0.1) is 11.8 Å². The highest BCUT2D eigenvalue weighted by atomic mass is 16.5. The number of carbonyl (C=O) groups is 3. The van der Waals surface area contributed by atoms with Gasteiger partial charge in [-0.1, -0.05) is 13.8 Å². The summed E-state index contributed by atoms with van der Waals surface area (Å²) >= 11 is 0. The lowest BCUT2D eigenvalue weighted by atomic mass is 9.86. The predicted molar refractivity (Wildman–Crippen MR) is 71.1 cm³/mol. The molecule has 0 aliphatic carbocycles. The van der Waals surface area contributed by atoms with Crippen molar-refractivity contribution in [3.05, 3.63) is 0 Å². The van der Waals surface area contributed by atoms with Crippen molar-refractivity contribution in [2.45, 2.75) is 33.2 Å². The molecule has 0 bridgehead atoms. The fraction of sp³-hybridized carbons (Fsp3) is 0.769. The smallest absolute Gasteiger partial charge is 0.329 e. The summed E-state index contributed by atoms with van der Waals surface area (Å²) < 4.78 is 4.63. The van der Waals surface area contributed by atoms with Gasteiger partial charge < -0.3 is 14.7 Å². The van der Waals surface area contributed by atoms with Gasteiger partial charge in [0.15, 0.2) is 0 Å². The third-order valence-corrected chi connectivity index (χ3v) is 3.56. The van der Waals surface area contributed by atoms with Gasteiger partial charge in [-0.15, -0.1) is 0 Å². The molecular weight excluding hydrogens is 264 g/mol. The molecule has 0 radical (unpaired) electrons. The Morgan fingerprint density at radius 1 is 1.25 bits per heavy atom. The number of rotatable bonds is 4. The van der Waals surface area contributed by atoms with Gasteiger partial charge in [0, 0.05) is 12.6 Å². The number of aliphatic carboxylic acids is 1. The summed E-state index contributed by atoms with van der Waals surface area (Å²) in [5.41, 5.74) is 0. The van der Waals surface area contributed by atoms with Crippen LogP contribution in [0.15, 0.2) is 0 Å². The van der Waals surface area contributed by atoms with Crippen LogP contribution >= 0.6 is 0 Å². The maximum absolute atomic E-state index is 12.0. The summed E-state index contributed by atoms with van der Waals surface area (Å²) in [6.07, 6.45) is 1.06. The van der Waals surface area contributed by atoms with Gasteiger partial charge in [0.05, 0.1) is 0 Å². The van der Waals surface area contributed by atoms with Gasteiger partial charge in [-0.3, -0.25) is 10.1 Å². The highest BCUT2D eigenvalue weighted by Gasteiger charge is 2.32. The Morgan fingerprint density at radius 3 is 2.50 bits per heavy atom. The average molecular weight is 286 g/mol. The Balaban J connectivity index is 2.44. The number of carbonyl (C=O) groups excluding carboxylic acids is 2. The summed E-state index contributed by atoms with van der Waals surface area (Å²) in [6.45, 7) is 5.72. The van der Waals surface area contributed by atoms with Crippen LogP contribution in [0.5, 0.6) is 0 Å². The monoisotopic (exact) mass is 286 g/mol. The minimum atomic E-state index is -1.16. The number of carboxylic acid groups (broad SMARTS) is 1. The van der Waals surface area contributed by atoms with Gasteiger partial charge in [-0.05, 0) is 25.2 Å². The second-order valence-corrected chi connectivity index (χ2v) is 5.45. The van der Waals surface area contributed by atoms with Crippen LogP contribution < -0.4 is 5.32 Å². The molecule has 0 spiro atoms. The number of amides is 3. The number of nitrogens with zero attached hydrogens (tertiary/aromatic N) is 1. The van der Waals surface area contributed by atoms with Gasteiger partial charge in [0.2, 0.25) is 0 Å². The maximum atomic E-state index is 12.0. The van der Waals surface area contributed by atoms with Gasteiger partial charge in [-0.2, -0.15) is 0 Å². The molecule has 7 nitrogen and oxygen atoms in total. The molecule has 0 aromatic heterocycles. The number of ether oxygens (including phenoxy) is 1. The van der Waals surface area contributed by atoms with Crippen LogP contribution in [0.3, 0.4) is 0 Å². The molecule has 0 aromatic carbocycles. The summed E-state index contributed by atoms with van der Waals surface area (Å²) in [5, 5.41) is 10.6. The van der Waals surface area contributed by atoms with Gasteiger partial charge in [-0.25, -0.2) is 9.59 Å². The number of nitrogens with one attached hydrogen (secondary N) is 1. The van der Waals surface area contributed by atoms with Crippen LogP contribution in [0.1, 0.15) is 27.2 Å². The highest BCUT2D eigenvalue weighted by Crippen LogP contribution is 2.26. The fourth-order valence-corrected chi connectivity index (χ4v) is 2.44. The van der Waals surface area contributed by atoms with E-state index < -0.39 is 31.1 Å². The molecule has 1 heterocycles. The minimum Gasteiger partial charge on any atom is -0.480 e. The van der Waals surface area contributed by atoms with Crippen LogP contribution in [0.4, 0.5) is 4.79 Å². The summed E-state index contributed by atoms with van der Waals surface area (Å²) in [6, 6.07) is -0.376. The molecule has 3 unspecified atom stereocenters. The molecular formula is C13H22N2O5. The molecule has 1 aliphatic heterocycles. The van der Waals surface area contributed by atoms with Crippen LogP contribution in [0.2, 0.25) is 0 Å². The van der Waals surface area contributed by atoms with E-state index in [0.717, 1.165) is 6.42 Å². The SMILES string of the molecule is CC1CC(C)C(C)N(C(=O)NC(=O)COCC(=O)O)C1. The molecule has 3 atom stereocenters. The number of piperidine rings is 1. The molecule has 114 valence electrons. The quantitative estimate of drug-likeness (QED) is 0.792. The first-order valence-electron chi connectivity index (χ1n) is 6.71. The van der Waals surface area contributed by atoms with E-state index in [9.17, 15) is 14.4 Å². The van der Waals surface area contributed by atoms with Crippen molar-refractivity contribution in [1.82, 2.24) is 10.2 Å². The fourth-order valence-electron chi connectivity index (χ4n) is 2.44. The minimum absolute atomic E-state index is 0.0685. The van der Waals surface area contributed by atoms with E-state index in [2.05, 4.69) is 23.9 Å². The van der Waals surface area contributed by atoms with E-state index in [1.54, 1.807) is 4.90 Å². The lowest BCUT2D eigenvalue weighted by molar-refractivity contribution is -0.143. The third kappa shape index (κ3) is 4.80. The largest absolute Gasteiger partial charge is 0.480 e. The van der Waals surface area contributed by atoms with Crippen LogP contribution in [0.25, 0.3) is 0 Å². The standard InChI is InChI=1S/C13H22N2O5/c1-8-4-9(2)10(3)15(5-8)13(19)14-11(16)6-20-7-12(17)18/h8-10H,4-7H2,1-3H3,(H,17,18)(H,14,16,19). The van der Waals surface area contributed by atoms with E-state index in [1.807, 2.05) is 6.92 Å². The highest BCUT2D eigenvalue weighted by molar-refractivity contribution is 5.95.